The average Bonchev–Trinajstić information content (AvgIpc) is 3.09. The minimum absolute atomic E-state index is 0.124. The molecule has 6 rings (SSSR count). The van der Waals surface area contributed by atoms with Gasteiger partial charge in [0.05, 0.1) is 22.7 Å². The molecule has 6 aromatic rings. The molecule has 0 saturated heterocycles. The molecular formula is C38H31Br2ClN4O2. The number of hydrogen-bond acceptors (Lipinski definition) is 5. The number of hydrogen-bond donors (Lipinski definition) is 3. The lowest BCUT2D eigenvalue weighted by molar-refractivity contribution is 0.0998. The van der Waals surface area contributed by atoms with Gasteiger partial charge in [-0.3, -0.25) is 14.5 Å². The van der Waals surface area contributed by atoms with Gasteiger partial charge in [0.15, 0.2) is 0 Å². The second-order valence-electron chi connectivity index (χ2n) is 9.90. The van der Waals surface area contributed by atoms with Gasteiger partial charge in [0.2, 0.25) is 0 Å². The second kappa shape index (κ2) is 17.7. The topological polar surface area (TPSA) is 101 Å². The highest BCUT2D eigenvalue weighted by atomic mass is 79.9. The van der Waals surface area contributed by atoms with E-state index in [1.807, 2.05) is 115 Å². The van der Waals surface area contributed by atoms with E-state index in [1.165, 1.54) is 0 Å². The van der Waals surface area contributed by atoms with Crippen molar-refractivity contribution in [1.82, 2.24) is 0 Å². The fourth-order valence-electron chi connectivity index (χ4n) is 4.22. The molecule has 0 radical (unpaired) electrons. The maximum atomic E-state index is 13.1. The third kappa shape index (κ3) is 10.6. The highest BCUT2D eigenvalue weighted by Crippen LogP contribution is 2.32. The first kappa shape index (κ1) is 35.0. The molecule has 6 nitrogen and oxygen atoms in total. The fourth-order valence-corrected chi connectivity index (χ4v) is 4.88. The number of nitrogens with zero attached hydrogens (tertiary/aromatic N) is 1. The Morgan fingerprint density at radius 3 is 1.55 bits per heavy atom. The summed E-state index contributed by atoms with van der Waals surface area (Å²) in [6.07, 6.45) is 0. The number of benzene rings is 6. The predicted octanol–water partition coefficient (Wildman–Crippen LogP) is 10.9. The number of halogens is 3. The van der Waals surface area contributed by atoms with Crippen molar-refractivity contribution >= 4 is 88.7 Å². The zero-order valence-corrected chi connectivity index (χ0v) is 29.0. The number of nitrogen functional groups attached to an aromatic ring is 2. The molecule has 0 heterocycles. The van der Waals surface area contributed by atoms with Crippen molar-refractivity contribution in [1.29, 1.82) is 0 Å². The summed E-state index contributed by atoms with van der Waals surface area (Å²) in [4.78, 5) is 25.2. The van der Waals surface area contributed by atoms with E-state index in [1.54, 1.807) is 47.4 Å². The number of para-hydroxylation sites is 6. The lowest BCUT2D eigenvalue weighted by Crippen LogP contribution is -2.26. The summed E-state index contributed by atoms with van der Waals surface area (Å²) in [7, 11) is 0. The molecule has 0 spiro atoms. The Balaban J connectivity index is 0.000000177. The third-order valence-electron chi connectivity index (χ3n) is 6.57. The van der Waals surface area contributed by atoms with Crippen LogP contribution in [0.1, 0.15) is 20.7 Å². The van der Waals surface area contributed by atoms with Crippen molar-refractivity contribution in [2.45, 2.75) is 0 Å². The monoisotopic (exact) mass is 768 g/mol. The number of amides is 1. The zero-order valence-electron chi connectivity index (χ0n) is 25.1. The second-order valence-corrected chi connectivity index (χ2v) is 12.1. The van der Waals surface area contributed by atoms with Crippen molar-refractivity contribution in [2.24, 2.45) is 0 Å². The minimum Gasteiger partial charge on any atom is -0.397 e. The van der Waals surface area contributed by atoms with Gasteiger partial charge in [-0.1, -0.05) is 92.5 Å². The van der Waals surface area contributed by atoms with Crippen molar-refractivity contribution in [3.8, 4) is 0 Å². The number of carbonyl (C=O) groups excluding carboxylic acids is 2. The van der Waals surface area contributed by atoms with E-state index < -0.39 is 5.24 Å². The minimum atomic E-state index is -0.424. The van der Waals surface area contributed by atoms with Crippen molar-refractivity contribution in [2.75, 3.05) is 21.7 Å². The molecule has 0 aliphatic carbocycles. The number of nitrogens with one attached hydrogen (secondary N) is 1. The van der Waals surface area contributed by atoms with Crippen molar-refractivity contribution in [3.05, 3.63) is 178 Å². The number of anilines is 6. The van der Waals surface area contributed by atoms with Crippen molar-refractivity contribution < 1.29 is 9.59 Å². The van der Waals surface area contributed by atoms with E-state index in [4.69, 9.17) is 23.1 Å². The first-order valence-corrected chi connectivity index (χ1v) is 16.3. The molecule has 5 N–H and O–H groups in total. The Hall–Kier alpha value is -4.89. The summed E-state index contributed by atoms with van der Waals surface area (Å²) < 4.78 is 1.87. The molecule has 0 aliphatic heterocycles. The van der Waals surface area contributed by atoms with Crippen LogP contribution in [0.15, 0.2) is 167 Å². The molecule has 0 atom stereocenters. The molecule has 9 heteroatoms. The Morgan fingerprint density at radius 2 is 1.02 bits per heavy atom. The molecule has 1 amide bonds. The molecule has 0 unspecified atom stereocenters. The molecule has 0 aromatic heterocycles. The summed E-state index contributed by atoms with van der Waals surface area (Å²) in [5.41, 5.74) is 17.8. The van der Waals surface area contributed by atoms with Crippen LogP contribution in [0.3, 0.4) is 0 Å². The molecule has 0 aliphatic rings. The Bertz CT molecular complexity index is 1890. The normalized spacial score (nSPS) is 9.94. The molecule has 47 heavy (non-hydrogen) atoms. The van der Waals surface area contributed by atoms with Crippen LogP contribution in [0.2, 0.25) is 0 Å². The van der Waals surface area contributed by atoms with Crippen LogP contribution < -0.4 is 21.7 Å². The largest absolute Gasteiger partial charge is 0.397 e. The van der Waals surface area contributed by atoms with Crippen LogP contribution in [0.5, 0.6) is 0 Å². The molecule has 0 bridgehead atoms. The van der Waals surface area contributed by atoms with E-state index in [0.29, 0.717) is 22.5 Å². The maximum absolute atomic E-state index is 13.1. The summed E-state index contributed by atoms with van der Waals surface area (Å²) in [5, 5.41) is 2.82. The average molecular weight is 771 g/mol. The standard InChI is InChI=1S/C19H15BrN2O.C12H12N2.C7H4BrClO/c20-15-12-10-14(11-13-15)19(23)22(16-6-2-1-3-7-16)18-9-5-4-8-17(18)21;13-11-8-4-5-9-12(11)14-10-6-2-1-3-7-10;8-6-3-1-5(2-4-6)7(9)10/h1-13H,21H2;1-9,14H,13H2;1-4H. The first-order valence-electron chi connectivity index (χ1n) is 14.3. The van der Waals surface area contributed by atoms with E-state index in [9.17, 15) is 9.59 Å². The van der Waals surface area contributed by atoms with Crippen LogP contribution >= 0.6 is 43.5 Å². The summed E-state index contributed by atoms with van der Waals surface area (Å²) in [6.45, 7) is 0. The summed E-state index contributed by atoms with van der Waals surface area (Å²) in [6, 6.07) is 48.7. The smallest absolute Gasteiger partial charge is 0.262 e. The van der Waals surface area contributed by atoms with Gasteiger partial charge < -0.3 is 16.8 Å². The number of nitrogens with two attached hydrogens (primary N) is 2. The lowest BCUT2D eigenvalue weighted by atomic mass is 10.1. The van der Waals surface area contributed by atoms with E-state index in [0.717, 1.165) is 31.7 Å². The van der Waals surface area contributed by atoms with Gasteiger partial charge in [0.1, 0.15) is 0 Å². The van der Waals surface area contributed by atoms with Crippen LogP contribution in [0.25, 0.3) is 0 Å². The predicted molar refractivity (Wildman–Crippen MR) is 203 cm³/mol. The van der Waals surface area contributed by atoms with Crippen LogP contribution in [0, 0.1) is 0 Å². The van der Waals surface area contributed by atoms with Gasteiger partial charge in [-0.15, -0.1) is 0 Å². The molecule has 0 saturated carbocycles. The quantitative estimate of drug-likeness (QED) is 0.116. The van der Waals surface area contributed by atoms with Gasteiger partial charge in [-0.25, -0.2) is 0 Å². The van der Waals surface area contributed by atoms with Gasteiger partial charge in [0, 0.05) is 31.4 Å². The maximum Gasteiger partial charge on any atom is 0.262 e. The highest BCUT2D eigenvalue weighted by molar-refractivity contribution is 9.10. The molecule has 236 valence electrons. The Kier molecular flexibility index (Phi) is 13.2. The zero-order chi connectivity index (χ0) is 33.6. The highest BCUT2D eigenvalue weighted by Gasteiger charge is 2.21. The third-order valence-corrected chi connectivity index (χ3v) is 7.85. The molecule has 6 aromatic carbocycles. The SMILES string of the molecule is Nc1ccccc1N(C(=O)c1ccc(Br)cc1)c1ccccc1.Nc1ccccc1Nc1ccccc1.O=C(Cl)c1ccc(Br)cc1. The molecular weight excluding hydrogens is 740 g/mol. The fraction of sp³-hybridized carbons (Fsp3) is 0. The Morgan fingerprint density at radius 1 is 0.553 bits per heavy atom. The van der Waals surface area contributed by atoms with E-state index in [-0.39, 0.29) is 5.91 Å². The van der Waals surface area contributed by atoms with Crippen LogP contribution in [-0.2, 0) is 0 Å². The molecule has 0 fully saturated rings. The van der Waals surface area contributed by atoms with Crippen molar-refractivity contribution in [3.63, 3.8) is 0 Å². The lowest BCUT2D eigenvalue weighted by Gasteiger charge is -2.24. The Labute approximate surface area is 296 Å². The number of carbonyl (C=O) groups is 2. The van der Waals surface area contributed by atoms with Crippen LogP contribution in [-0.4, -0.2) is 11.1 Å². The van der Waals surface area contributed by atoms with Crippen LogP contribution in [0.4, 0.5) is 34.1 Å². The van der Waals surface area contributed by atoms with Gasteiger partial charge in [-0.05, 0) is 109 Å². The van der Waals surface area contributed by atoms with Gasteiger partial charge >= 0.3 is 0 Å². The van der Waals surface area contributed by atoms with E-state index in [2.05, 4.69) is 37.2 Å². The summed E-state index contributed by atoms with van der Waals surface area (Å²) >= 11 is 11.8. The van der Waals surface area contributed by atoms with E-state index >= 15 is 0 Å². The van der Waals surface area contributed by atoms with Gasteiger partial charge in [0.25, 0.3) is 11.1 Å². The first-order chi connectivity index (χ1) is 22.7. The van der Waals surface area contributed by atoms with Gasteiger partial charge in [-0.2, -0.15) is 0 Å². The summed E-state index contributed by atoms with van der Waals surface area (Å²) in [5.74, 6) is -0.124. The number of rotatable bonds is 6.